The van der Waals surface area contributed by atoms with Gasteiger partial charge in [-0.2, -0.15) is 0 Å². The van der Waals surface area contributed by atoms with Crippen LogP contribution in [-0.2, 0) is 6.61 Å². The third kappa shape index (κ3) is 6.20. The number of H-pyrrole nitrogens is 2. The molecule has 4 atom stereocenters. The van der Waals surface area contributed by atoms with Gasteiger partial charge in [-0.3, -0.25) is 0 Å². The van der Waals surface area contributed by atoms with Crippen molar-refractivity contribution in [3.8, 4) is 28.3 Å². The average molecular weight is 647 g/mol. The van der Waals surface area contributed by atoms with E-state index in [-0.39, 0.29) is 0 Å². The number of nitrogens with one attached hydrogen (secondary N) is 4. The van der Waals surface area contributed by atoms with Crippen molar-refractivity contribution >= 4 is 0 Å². The van der Waals surface area contributed by atoms with E-state index >= 15 is 0 Å². The first-order valence-electron chi connectivity index (χ1n) is 17.8. The lowest BCUT2D eigenvalue weighted by Crippen LogP contribution is -2.14. The third-order valence-corrected chi connectivity index (χ3v) is 10.7. The number of rotatable bonds is 10. The van der Waals surface area contributed by atoms with Gasteiger partial charge in [0.2, 0.25) is 0 Å². The molecule has 3 aliphatic rings. The molecule has 0 amide bonds. The third-order valence-electron chi connectivity index (χ3n) is 10.7. The molecule has 0 radical (unpaired) electrons. The quantitative estimate of drug-likeness (QED) is 0.120. The van der Waals surface area contributed by atoms with Gasteiger partial charge in [0, 0.05) is 0 Å². The molecule has 2 saturated heterocycles. The van der Waals surface area contributed by atoms with Gasteiger partial charge in [0.1, 0.15) is 24.0 Å². The molecule has 7 heteroatoms. The lowest BCUT2D eigenvalue weighted by molar-refractivity contribution is 0.306. The van der Waals surface area contributed by atoms with Gasteiger partial charge in [0.15, 0.2) is 0 Å². The van der Waals surface area contributed by atoms with Gasteiger partial charge in [0.05, 0.1) is 35.9 Å². The van der Waals surface area contributed by atoms with Gasteiger partial charge >= 0.3 is 0 Å². The summed E-state index contributed by atoms with van der Waals surface area (Å²) in [6, 6.07) is 38.0. The van der Waals surface area contributed by atoms with Gasteiger partial charge in [-0.05, 0) is 102 Å². The smallest absolute Gasteiger partial charge is 0.123 e. The molecule has 3 fully saturated rings. The predicted molar refractivity (Wildman–Crippen MR) is 193 cm³/mol. The second-order valence-electron chi connectivity index (χ2n) is 13.8. The first kappa shape index (κ1) is 30.1. The number of aromatic amines is 2. The summed E-state index contributed by atoms with van der Waals surface area (Å²) in [6.07, 6.45) is 8.63. The van der Waals surface area contributed by atoms with E-state index in [1.807, 2.05) is 18.5 Å². The Bertz CT molecular complexity index is 1880. The Morgan fingerprint density at radius 1 is 0.551 bits per heavy atom. The highest BCUT2D eigenvalue weighted by Gasteiger charge is 2.52. The maximum Gasteiger partial charge on any atom is 0.123 e. The summed E-state index contributed by atoms with van der Waals surface area (Å²) >= 11 is 0. The topological polar surface area (TPSA) is 90.7 Å². The van der Waals surface area contributed by atoms with E-state index in [1.165, 1.54) is 46.2 Å². The van der Waals surface area contributed by atoms with E-state index < -0.39 is 0 Å². The maximum atomic E-state index is 6.12. The number of imidazole rings is 2. The minimum absolute atomic E-state index is 0.335. The molecular weight excluding hydrogens is 605 g/mol. The van der Waals surface area contributed by atoms with Gasteiger partial charge < -0.3 is 25.3 Å². The lowest BCUT2D eigenvalue weighted by Gasteiger charge is -2.08. The van der Waals surface area contributed by atoms with Crippen LogP contribution in [0.2, 0.25) is 0 Å². The van der Waals surface area contributed by atoms with Gasteiger partial charge in [-0.1, -0.05) is 91.0 Å². The standard InChI is InChI=1S/C42H42N6O/c1-2-6-27(7-3-1)26-49-33-20-18-32(19-21-33)40-38(30-14-10-28(11-15-30)36-24-45-41(47-36)34-8-4-22-43-34)39(40)31-16-12-29(13-17-31)37-25-46-42(48-37)35-9-5-23-44-35/h1-3,6-7,10-21,24-25,34-35,38-40,43-44H,4-5,8-9,22-23,26H2,(H,45,47)(H,46,48). The van der Waals surface area contributed by atoms with Crippen LogP contribution in [0.25, 0.3) is 22.5 Å². The van der Waals surface area contributed by atoms with Crippen molar-refractivity contribution < 1.29 is 4.74 Å². The average Bonchev–Trinajstić information content (AvgIpc) is 3.83. The molecule has 246 valence electrons. The number of aromatic nitrogens is 4. The minimum atomic E-state index is 0.335. The number of hydrogen-bond donors (Lipinski definition) is 4. The molecule has 2 aliphatic heterocycles. The van der Waals surface area contributed by atoms with Crippen LogP contribution in [0.15, 0.2) is 116 Å². The molecule has 4 unspecified atom stereocenters. The number of nitrogens with zero attached hydrogens (tertiary/aromatic N) is 2. The molecule has 1 saturated carbocycles. The highest BCUT2D eigenvalue weighted by Crippen LogP contribution is 2.66. The molecule has 49 heavy (non-hydrogen) atoms. The largest absolute Gasteiger partial charge is 0.489 e. The van der Waals surface area contributed by atoms with Crippen LogP contribution >= 0.6 is 0 Å². The second kappa shape index (κ2) is 13.1. The molecule has 7 nitrogen and oxygen atoms in total. The van der Waals surface area contributed by atoms with Gasteiger partial charge in [-0.15, -0.1) is 0 Å². The summed E-state index contributed by atoms with van der Waals surface area (Å²) in [5.74, 6) is 4.15. The molecule has 4 heterocycles. The molecule has 2 aromatic heterocycles. The highest BCUT2D eigenvalue weighted by molar-refractivity contribution is 5.62. The first-order valence-corrected chi connectivity index (χ1v) is 17.8. The zero-order valence-electron chi connectivity index (χ0n) is 27.6. The van der Waals surface area contributed by atoms with Crippen molar-refractivity contribution in [1.82, 2.24) is 30.6 Å². The van der Waals surface area contributed by atoms with E-state index in [1.54, 1.807) is 0 Å². The lowest BCUT2D eigenvalue weighted by atomic mass is 10.0. The molecule has 0 spiro atoms. The van der Waals surface area contributed by atoms with Crippen LogP contribution in [0.4, 0.5) is 0 Å². The van der Waals surface area contributed by atoms with Crippen molar-refractivity contribution in [2.45, 2.75) is 62.1 Å². The van der Waals surface area contributed by atoms with Crippen LogP contribution in [0.5, 0.6) is 5.75 Å². The predicted octanol–water partition coefficient (Wildman–Crippen LogP) is 8.56. The molecular formula is C42H42N6O. The van der Waals surface area contributed by atoms with Crippen LogP contribution in [0.1, 0.15) is 89.4 Å². The van der Waals surface area contributed by atoms with Crippen molar-refractivity contribution in [2.75, 3.05) is 13.1 Å². The maximum absolute atomic E-state index is 6.12. The number of hydrogen-bond acceptors (Lipinski definition) is 5. The highest BCUT2D eigenvalue weighted by atomic mass is 16.5. The normalized spacial score (nSPS) is 23.1. The summed E-state index contributed by atoms with van der Waals surface area (Å²) in [4.78, 5) is 16.5. The van der Waals surface area contributed by atoms with Gasteiger partial charge in [-0.25, -0.2) is 9.97 Å². The van der Waals surface area contributed by atoms with Crippen LogP contribution < -0.4 is 15.4 Å². The van der Waals surface area contributed by atoms with E-state index in [9.17, 15) is 0 Å². The molecule has 4 aromatic carbocycles. The van der Waals surface area contributed by atoms with Crippen molar-refractivity contribution in [3.05, 3.63) is 149 Å². The summed E-state index contributed by atoms with van der Waals surface area (Å²) in [7, 11) is 0. The Morgan fingerprint density at radius 2 is 1.02 bits per heavy atom. The van der Waals surface area contributed by atoms with E-state index in [0.717, 1.165) is 54.7 Å². The molecule has 4 N–H and O–H groups in total. The fourth-order valence-electron chi connectivity index (χ4n) is 8.01. The Balaban J connectivity index is 0.961. The Hall–Kier alpha value is -4.98. The first-order chi connectivity index (χ1) is 24.3. The van der Waals surface area contributed by atoms with Crippen LogP contribution in [-0.4, -0.2) is 33.0 Å². The Kier molecular flexibility index (Phi) is 8.08. The van der Waals surface area contributed by atoms with Gasteiger partial charge in [0.25, 0.3) is 0 Å². The van der Waals surface area contributed by atoms with Crippen molar-refractivity contribution in [1.29, 1.82) is 0 Å². The minimum Gasteiger partial charge on any atom is -0.489 e. The Labute approximate surface area is 287 Å². The zero-order valence-corrected chi connectivity index (χ0v) is 27.6. The fourth-order valence-corrected chi connectivity index (χ4v) is 8.01. The molecule has 9 rings (SSSR count). The van der Waals surface area contributed by atoms with Crippen molar-refractivity contribution in [3.63, 3.8) is 0 Å². The molecule has 6 aromatic rings. The SMILES string of the molecule is c1ccc(COc2ccc(C3C(c4ccc(-c5cnc(C6CCCN6)[nH]5)cc4)C3c3ccc(-c4cnc(C5CCCN5)[nH]4)cc3)cc2)cc1. The summed E-state index contributed by atoms with van der Waals surface area (Å²) in [5, 5.41) is 7.09. The molecule has 1 aliphatic carbocycles. The summed E-state index contributed by atoms with van der Waals surface area (Å²) in [6.45, 7) is 2.69. The second-order valence-corrected chi connectivity index (χ2v) is 13.8. The van der Waals surface area contributed by atoms with E-state index in [2.05, 4.69) is 118 Å². The zero-order chi connectivity index (χ0) is 32.6. The van der Waals surface area contributed by atoms with E-state index in [4.69, 9.17) is 14.7 Å². The number of ether oxygens (including phenoxy) is 1. The summed E-state index contributed by atoms with van der Waals surface area (Å²) < 4.78 is 6.12. The van der Waals surface area contributed by atoms with Crippen LogP contribution in [0.3, 0.4) is 0 Å². The van der Waals surface area contributed by atoms with E-state index in [0.29, 0.717) is 36.4 Å². The Morgan fingerprint density at radius 3 is 1.47 bits per heavy atom. The number of benzene rings is 4. The van der Waals surface area contributed by atoms with Crippen LogP contribution in [0, 0.1) is 0 Å². The fraction of sp³-hybridized carbons (Fsp3) is 0.286. The van der Waals surface area contributed by atoms with Crippen molar-refractivity contribution in [2.24, 2.45) is 0 Å². The molecule has 0 bridgehead atoms. The monoisotopic (exact) mass is 646 g/mol. The summed E-state index contributed by atoms with van der Waals surface area (Å²) in [5.41, 5.74) is 9.75.